The van der Waals surface area contributed by atoms with Crippen LogP contribution in [0.25, 0.3) is 0 Å². The molecular weight excluding hydrogens is 250 g/mol. The second-order valence-corrected chi connectivity index (χ2v) is 4.67. The molecule has 3 nitrogen and oxygen atoms in total. The van der Waals surface area contributed by atoms with Crippen molar-refractivity contribution in [2.75, 3.05) is 14.2 Å². The molecule has 0 saturated heterocycles. The molecule has 100 valence electrons. The fourth-order valence-corrected chi connectivity index (χ4v) is 2.82. The Morgan fingerprint density at radius 1 is 1.28 bits per heavy atom. The number of likely N-dealkylation sites (N-methyl/N-ethyl adjacent to an activating group) is 1. The Kier molecular flexibility index (Phi) is 5.79. The molecule has 1 aromatic carbocycles. The fraction of sp³-hybridized carbons (Fsp3) is 0.500. The van der Waals surface area contributed by atoms with Crippen molar-refractivity contribution in [3.05, 3.63) is 34.9 Å². The molecule has 1 aliphatic rings. The predicted molar refractivity (Wildman–Crippen MR) is 73.8 cm³/mol. The maximum absolute atomic E-state index is 12.2. The monoisotopic (exact) mass is 269 g/mol. The number of aliphatic hydroxyl groups is 1. The summed E-state index contributed by atoms with van der Waals surface area (Å²) in [7, 11) is 2.84. The van der Waals surface area contributed by atoms with Crippen LogP contribution in [0.1, 0.15) is 31.2 Å². The Bertz CT molecular complexity index is 409. The molecule has 1 aliphatic carbocycles. The first-order valence-electron chi connectivity index (χ1n) is 6.12. The lowest BCUT2D eigenvalue weighted by atomic mass is 9.75. The van der Waals surface area contributed by atoms with Crippen molar-refractivity contribution in [2.24, 2.45) is 0 Å². The molecule has 1 fully saturated rings. The predicted octanol–water partition coefficient (Wildman–Crippen LogP) is 2.51. The maximum atomic E-state index is 12.2. The molecule has 2 rings (SSSR count). The van der Waals surface area contributed by atoms with Crippen LogP contribution in [0.3, 0.4) is 0 Å². The molecular formula is C14H20ClNO2. The molecule has 1 saturated carbocycles. The molecule has 1 atom stereocenters. The molecule has 4 heteroatoms. The highest BCUT2D eigenvalue weighted by molar-refractivity contribution is 6.31. The first-order valence-corrected chi connectivity index (χ1v) is 6.50. The third-order valence-electron chi connectivity index (χ3n) is 3.44. The summed E-state index contributed by atoms with van der Waals surface area (Å²) in [5.74, 6) is 0.259. The number of ketones is 1. The van der Waals surface area contributed by atoms with Gasteiger partial charge in [0.1, 0.15) is 5.54 Å². The molecule has 0 heterocycles. The van der Waals surface area contributed by atoms with Crippen LogP contribution in [0.5, 0.6) is 0 Å². The van der Waals surface area contributed by atoms with E-state index < -0.39 is 5.54 Å². The van der Waals surface area contributed by atoms with Crippen molar-refractivity contribution in [1.82, 2.24) is 5.32 Å². The first kappa shape index (κ1) is 15.2. The summed E-state index contributed by atoms with van der Waals surface area (Å²) in [4.78, 5) is 12.2. The van der Waals surface area contributed by atoms with E-state index in [0.29, 0.717) is 11.4 Å². The maximum Gasteiger partial charge on any atom is 0.157 e. The highest BCUT2D eigenvalue weighted by atomic mass is 35.5. The van der Waals surface area contributed by atoms with Crippen LogP contribution in [0, 0.1) is 0 Å². The first-order chi connectivity index (χ1) is 8.70. The van der Waals surface area contributed by atoms with E-state index in [1.54, 1.807) is 0 Å². The smallest absolute Gasteiger partial charge is 0.157 e. The number of rotatable bonds is 2. The second-order valence-electron chi connectivity index (χ2n) is 4.27. The standard InChI is InChI=1S/C13H16ClNO.CH4O/c1-15-13(9-5-4-8-12(13)16)10-6-2-3-7-11(10)14;1-2/h2-3,6-7,15H,4-5,8-9H2,1H3;2H,1H3. The molecule has 0 amide bonds. The summed E-state index contributed by atoms with van der Waals surface area (Å²) >= 11 is 6.20. The van der Waals surface area contributed by atoms with Gasteiger partial charge in [0.2, 0.25) is 0 Å². The molecule has 0 radical (unpaired) electrons. The van der Waals surface area contributed by atoms with Gasteiger partial charge >= 0.3 is 0 Å². The van der Waals surface area contributed by atoms with Gasteiger partial charge in [0.15, 0.2) is 5.78 Å². The van der Waals surface area contributed by atoms with E-state index in [1.807, 2.05) is 31.3 Å². The lowest BCUT2D eigenvalue weighted by Gasteiger charge is -2.36. The summed E-state index contributed by atoms with van der Waals surface area (Å²) in [5.41, 5.74) is 0.361. The quantitative estimate of drug-likeness (QED) is 0.867. The molecule has 0 bridgehead atoms. The van der Waals surface area contributed by atoms with Gasteiger partial charge in [0.25, 0.3) is 0 Å². The molecule has 2 N–H and O–H groups in total. The second kappa shape index (κ2) is 6.88. The van der Waals surface area contributed by atoms with Gasteiger partial charge < -0.3 is 10.4 Å². The van der Waals surface area contributed by atoms with Crippen molar-refractivity contribution >= 4 is 17.4 Å². The van der Waals surface area contributed by atoms with Crippen molar-refractivity contribution in [1.29, 1.82) is 0 Å². The Balaban J connectivity index is 0.000000771. The number of carbonyl (C=O) groups is 1. The van der Waals surface area contributed by atoms with Crippen LogP contribution in [-0.2, 0) is 10.3 Å². The molecule has 1 unspecified atom stereocenters. The Morgan fingerprint density at radius 2 is 1.94 bits per heavy atom. The number of aliphatic hydroxyl groups excluding tert-OH is 1. The number of hydrogen-bond donors (Lipinski definition) is 2. The largest absolute Gasteiger partial charge is 0.400 e. The summed E-state index contributed by atoms with van der Waals surface area (Å²) in [6, 6.07) is 7.62. The third kappa shape index (κ3) is 2.74. The molecule has 1 aromatic rings. The third-order valence-corrected chi connectivity index (χ3v) is 3.77. The van der Waals surface area contributed by atoms with Gasteiger partial charge in [-0.1, -0.05) is 36.2 Å². The number of Topliss-reactive ketones (excluding diaryl/α,β-unsaturated/α-hetero) is 1. The van der Waals surface area contributed by atoms with Crippen LogP contribution >= 0.6 is 11.6 Å². The average molecular weight is 270 g/mol. The number of benzene rings is 1. The fourth-order valence-electron chi connectivity index (χ4n) is 2.52. The van der Waals surface area contributed by atoms with Crippen LogP contribution < -0.4 is 5.32 Å². The van der Waals surface area contributed by atoms with E-state index in [9.17, 15) is 4.79 Å². The van der Waals surface area contributed by atoms with Crippen LogP contribution in [0.15, 0.2) is 24.3 Å². The van der Waals surface area contributed by atoms with Gasteiger partial charge in [0.05, 0.1) is 0 Å². The zero-order valence-corrected chi connectivity index (χ0v) is 11.6. The van der Waals surface area contributed by atoms with Gasteiger partial charge in [0, 0.05) is 18.6 Å². The van der Waals surface area contributed by atoms with E-state index >= 15 is 0 Å². The van der Waals surface area contributed by atoms with Crippen molar-refractivity contribution in [3.8, 4) is 0 Å². The van der Waals surface area contributed by atoms with Crippen LogP contribution in [0.2, 0.25) is 5.02 Å². The minimum absolute atomic E-state index is 0.259. The van der Waals surface area contributed by atoms with Crippen molar-refractivity contribution in [2.45, 2.75) is 31.2 Å². The van der Waals surface area contributed by atoms with Gasteiger partial charge in [-0.2, -0.15) is 0 Å². The van der Waals surface area contributed by atoms with Gasteiger partial charge in [-0.25, -0.2) is 0 Å². The number of hydrogen-bond acceptors (Lipinski definition) is 3. The van der Waals surface area contributed by atoms with Gasteiger partial charge in [-0.05, 0) is 31.5 Å². The normalized spacial score (nSPS) is 23.2. The van der Waals surface area contributed by atoms with Crippen molar-refractivity contribution in [3.63, 3.8) is 0 Å². The molecule has 0 aliphatic heterocycles. The van der Waals surface area contributed by atoms with Gasteiger partial charge in [-0.3, -0.25) is 4.79 Å². The van der Waals surface area contributed by atoms with Gasteiger partial charge in [-0.15, -0.1) is 0 Å². The molecule has 0 spiro atoms. The lowest BCUT2D eigenvalue weighted by Crippen LogP contribution is -2.49. The zero-order chi connectivity index (χ0) is 13.6. The Morgan fingerprint density at radius 3 is 2.50 bits per heavy atom. The highest BCUT2D eigenvalue weighted by Crippen LogP contribution is 2.37. The van der Waals surface area contributed by atoms with E-state index in [2.05, 4.69) is 5.32 Å². The minimum atomic E-state index is -0.559. The van der Waals surface area contributed by atoms with E-state index in [4.69, 9.17) is 16.7 Å². The van der Waals surface area contributed by atoms with E-state index in [-0.39, 0.29) is 5.78 Å². The Hall–Kier alpha value is -0.900. The number of halogens is 1. The van der Waals surface area contributed by atoms with Crippen LogP contribution in [0.4, 0.5) is 0 Å². The minimum Gasteiger partial charge on any atom is -0.400 e. The SMILES string of the molecule is CNC1(c2ccccc2Cl)CCCCC1=O.CO. The summed E-state index contributed by atoms with van der Waals surface area (Å²) in [5, 5.41) is 10.9. The van der Waals surface area contributed by atoms with E-state index in [0.717, 1.165) is 31.9 Å². The molecule has 0 aromatic heterocycles. The highest BCUT2D eigenvalue weighted by Gasteiger charge is 2.40. The number of nitrogens with one attached hydrogen (secondary N) is 1. The summed E-state index contributed by atoms with van der Waals surface area (Å²) in [6.45, 7) is 0. The average Bonchev–Trinajstić information content (AvgIpc) is 2.43. The number of carbonyl (C=O) groups excluding carboxylic acids is 1. The summed E-state index contributed by atoms with van der Waals surface area (Å²) in [6.07, 6.45) is 3.54. The summed E-state index contributed by atoms with van der Waals surface area (Å²) < 4.78 is 0. The van der Waals surface area contributed by atoms with Crippen molar-refractivity contribution < 1.29 is 9.90 Å². The lowest BCUT2D eigenvalue weighted by molar-refractivity contribution is -0.127. The Labute approximate surface area is 113 Å². The topological polar surface area (TPSA) is 49.3 Å². The zero-order valence-electron chi connectivity index (χ0n) is 10.9. The molecule has 18 heavy (non-hydrogen) atoms. The van der Waals surface area contributed by atoms with E-state index in [1.165, 1.54) is 0 Å². The van der Waals surface area contributed by atoms with Crippen LogP contribution in [-0.4, -0.2) is 25.0 Å².